The highest BCUT2D eigenvalue weighted by atomic mass is 16.5. The third-order valence-electron chi connectivity index (χ3n) is 2.34. The van der Waals surface area contributed by atoms with Crippen molar-refractivity contribution in [3.63, 3.8) is 0 Å². The number of esters is 1. The van der Waals surface area contributed by atoms with Crippen molar-refractivity contribution in [3.05, 3.63) is 0 Å². The molecule has 0 saturated heterocycles. The number of methoxy groups -OCH3 is 1. The Kier molecular flexibility index (Phi) is 5.35. The summed E-state index contributed by atoms with van der Waals surface area (Å²) < 4.78 is 4.56. The molecular formula is C10H18O3. The quantitative estimate of drug-likeness (QED) is 0.485. The molecule has 0 N–H and O–H groups in total. The summed E-state index contributed by atoms with van der Waals surface area (Å²) in [6.45, 7) is 5.60. The van der Waals surface area contributed by atoms with E-state index in [9.17, 15) is 9.59 Å². The third kappa shape index (κ3) is 3.17. The average Bonchev–Trinajstić information content (AvgIpc) is 2.17. The zero-order chi connectivity index (χ0) is 10.4. The first-order chi connectivity index (χ1) is 6.08. The maximum Gasteiger partial charge on any atom is 0.316 e. The van der Waals surface area contributed by atoms with E-state index in [4.69, 9.17) is 0 Å². The standard InChI is InChI=1S/C10H18O3/c1-5-7(3)9(11)8(6-2)10(12)13-4/h7-8H,5-6H2,1-4H3. The van der Waals surface area contributed by atoms with Gasteiger partial charge in [-0.3, -0.25) is 9.59 Å². The minimum absolute atomic E-state index is 0.00292. The summed E-state index contributed by atoms with van der Waals surface area (Å²) in [5.74, 6) is -1.03. The van der Waals surface area contributed by atoms with E-state index in [0.717, 1.165) is 6.42 Å². The molecule has 0 rings (SSSR count). The van der Waals surface area contributed by atoms with Gasteiger partial charge in [-0.1, -0.05) is 20.8 Å². The second kappa shape index (κ2) is 5.73. The van der Waals surface area contributed by atoms with Gasteiger partial charge in [0.15, 0.2) is 0 Å². The predicted molar refractivity (Wildman–Crippen MR) is 50.3 cm³/mol. The average molecular weight is 186 g/mol. The van der Waals surface area contributed by atoms with Crippen LogP contribution in [0, 0.1) is 11.8 Å². The van der Waals surface area contributed by atoms with Gasteiger partial charge >= 0.3 is 5.97 Å². The Balaban J connectivity index is 4.40. The van der Waals surface area contributed by atoms with Gasteiger partial charge < -0.3 is 4.74 Å². The van der Waals surface area contributed by atoms with Crippen LogP contribution in [0.4, 0.5) is 0 Å². The summed E-state index contributed by atoms with van der Waals surface area (Å²) in [5.41, 5.74) is 0. The zero-order valence-electron chi connectivity index (χ0n) is 8.79. The topological polar surface area (TPSA) is 43.4 Å². The van der Waals surface area contributed by atoms with E-state index in [1.165, 1.54) is 7.11 Å². The number of hydrogen-bond acceptors (Lipinski definition) is 3. The van der Waals surface area contributed by atoms with Crippen molar-refractivity contribution in [1.82, 2.24) is 0 Å². The first kappa shape index (κ1) is 12.1. The van der Waals surface area contributed by atoms with Crippen LogP contribution < -0.4 is 0 Å². The van der Waals surface area contributed by atoms with Gasteiger partial charge in [0, 0.05) is 5.92 Å². The SMILES string of the molecule is CCC(C)C(=O)C(CC)C(=O)OC. The molecule has 0 spiro atoms. The third-order valence-corrected chi connectivity index (χ3v) is 2.34. The Morgan fingerprint density at radius 2 is 1.77 bits per heavy atom. The second-order valence-electron chi connectivity index (χ2n) is 3.20. The molecule has 76 valence electrons. The molecule has 0 heterocycles. The Morgan fingerprint density at radius 1 is 1.23 bits per heavy atom. The van der Waals surface area contributed by atoms with Crippen molar-refractivity contribution in [1.29, 1.82) is 0 Å². The summed E-state index contributed by atoms with van der Waals surface area (Å²) in [5, 5.41) is 0. The molecule has 3 nitrogen and oxygen atoms in total. The molecule has 0 aromatic carbocycles. The van der Waals surface area contributed by atoms with Crippen LogP contribution in [0.1, 0.15) is 33.6 Å². The monoisotopic (exact) mass is 186 g/mol. The zero-order valence-corrected chi connectivity index (χ0v) is 8.79. The van der Waals surface area contributed by atoms with Gasteiger partial charge in [0.25, 0.3) is 0 Å². The van der Waals surface area contributed by atoms with Crippen LogP contribution in [0.25, 0.3) is 0 Å². The van der Waals surface area contributed by atoms with Gasteiger partial charge in [0.2, 0.25) is 0 Å². The first-order valence-electron chi connectivity index (χ1n) is 4.69. The lowest BCUT2D eigenvalue weighted by molar-refractivity contribution is -0.150. The fourth-order valence-corrected chi connectivity index (χ4v) is 1.17. The molecule has 2 unspecified atom stereocenters. The lowest BCUT2D eigenvalue weighted by atomic mass is 9.90. The Bertz CT molecular complexity index is 187. The van der Waals surface area contributed by atoms with Crippen molar-refractivity contribution in [2.24, 2.45) is 11.8 Å². The van der Waals surface area contributed by atoms with Gasteiger partial charge in [-0.2, -0.15) is 0 Å². The van der Waals surface area contributed by atoms with Crippen LogP contribution in [0.3, 0.4) is 0 Å². The number of carbonyl (C=O) groups is 2. The minimum Gasteiger partial charge on any atom is -0.468 e. The lowest BCUT2D eigenvalue weighted by Gasteiger charge is -2.14. The number of Topliss-reactive ketones (excluding diaryl/α,β-unsaturated/α-hetero) is 1. The van der Waals surface area contributed by atoms with Crippen molar-refractivity contribution in [2.75, 3.05) is 7.11 Å². The molecular weight excluding hydrogens is 168 g/mol. The van der Waals surface area contributed by atoms with E-state index in [-0.39, 0.29) is 11.7 Å². The molecule has 13 heavy (non-hydrogen) atoms. The van der Waals surface area contributed by atoms with Gasteiger partial charge in [0.1, 0.15) is 11.7 Å². The molecule has 0 aliphatic rings. The minimum atomic E-state index is -0.569. The van der Waals surface area contributed by atoms with Crippen LogP contribution in [0.15, 0.2) is 0 Å². The summed E-state index contributed by atoms with van der Waals surface area (Å²) >= 11 is 0. The van der Waals surface area contributed by atoms with Gasteiger partial charge in [-0.15, -0.1) is 0 Å². The molecule has 3 heteroatoms. The van der Waals surface area contributed by atoms with Gasteiger partial charge in [0.05, 0.1) is 7.11 Å². The number of rotatable bonds is 5. The normalized spacial score (nSPS) is 14.8. The first-order valence-corrected chi connectivity index (χ1v) is 4.69. The lowest BCUT2D eigenvalue weighted by Crippen LogP contribution is -2.28. The highest BCUT2D eigenvalue weighted by Gasteiger charge is 2.28. The predicted octanol–water partition coefficient (Wildman–Crippen LogP) is 1.80. The Labute approximate surface area is 79.5 Å². The fraction of sp³-hybridized carbons (Fsp3) is 0.800. The molecule has 2 atom stereocenters. The number of ketones is 1. The van der Waals surface area contributed by atoms with E-state index in [0.29, 0.717) is 6.42 Å². The van der Waals surface area contributed by atoms with Crippen LogP contribution in [0.5, 0.6) is 0 Å². The van der Waals surface area contributed by atoms with Gasteiger partial charge in [-0.25, -0.2) is 0 Å². The largest absolute Gasteiger partial charge is 0.468 e. The maximum absolute atomic E-state index is 11.6. The van der Waals surface area contributed by atoms with E-state index in [1.54, 1.807) is 0 Å². The van der Waals surface area contributed by atoms with Crippen molar-refractivity contribution in [2.45, 2.75) is 33.6 Å². The number of carbonyl (C=O) groups excluding carboxylic acids is 2. The maximum atomic E-state index is 11.6. The van der Waals surface area contributed by atoms with Crippen molar-refractivity contribution in [3.8, 4) is 0 Å². The Hall–Kier alpha value is -0.860. The molecule has 0 aliphatic heterocycles. The van der Waals surface area contributed by atoms with E-state index in [2.05, 4.69) is 4.74 Å². The van der Waals surface area contributed by atoms with Crippen LogP contribution >= 0.6 is 0 Å². The Morgan fingerprint density at radius 3 is 2.08 bits per heavy atom. The molecule has 0 aliphatic carbocycles. The highest BCUT2D eigenvalue weighted by molar-refractivity contribution is 5.99. The molecule has 0 amide bonds. The molecule has 0 fully saturated rings. The molecule has 0 bridgehead atoms. The molecule has 0 aromatic rings. The highest BCUT2D eigenvalue weighted by Crippen LogP contribution is 2.15. The van der Waals surface area contributed by atoms with E-state index in [1.807, 2.05) is 20.8 Å². The summed E-state index contributed by atoms with van der Waals surface area (Å²) in [6, 6.07) is 0. The second-order valence-corrected chi connectivity index (χ2v) is 3.20. The van der Waals surface area contributed by atoms with Crippen molar-refractivity contribution >= 4 is 11.8 Å². The number of hydrogen-bond donors (Lipinski definition) is 0. The summed E-state index contributed by atoms with van der Waals surface area (Å²) in [6.07, 6.45) is 1.29. The van der Waals surface area contributed by atoms with E-state index < -0.39 is 11.9 Å². The van der Waals surface area contributed by atoms with Crippen molar-refractivity contribution < 1.29 is 14.3 Å². The smallest absolute Gasteiger partial charge is 0.316 e. The van der Waals surface area contributed by atoms with Crippen LogP contribution in [-0.2, 0) is 14.3 Å². The number of ether oxygens (including phenoxy) is 1. The summed E-state index contributed by atoms with van der Waals surface area (Å²) in [4.78, 5) is 22.8. The van der Waals surface area contributed by atoms with Crippen LogP contribution in [-0.4, -0.2) is 18.9 Å². The fourth-order valence-electron chi connectivity index (χ4n) is 1.17. The van der Waals surface area contributed by atoms with Crippen LogP contribution in [0.2, 0.25) is 0 Å². The van der Waals surface area contributed by atoms with Gasteiger partial charge in [-0.05, 0) is 12.8 Å². The molecule has 0 saturated carbocycles. The molecule has 0 aromatic heterocycles. The van der Waals surface area contributed by atoms with E-state index >= 15 is 0 Å². The summed E-state index contributed by atoms with van der Waals surface area (Å²) in [7, 11) is 1.31. The molecule has 0 radical (unpaired) electrons.